The molecule has 47 heavy (non-hydrogen) atoms. The van der Waals surface area contributed by atoms with E-state index in [0.717, 1.165) is 16.5 Å². The van der Waals surface area contributed by atoms with E-state index in [1.165, 1.54) is 24.1 Å². The van der Waals surface area contributed by atoms with Crippen LogP contribution in [0.4, 0.5) is 10.1 Å². The third-order valence-electron chi connectivity index (χ3n) is 10.4. The molecule has 6 unspecified atom stereocenters. The normalized spacial score (nSPS) is 28.3. The minimum Gasteiger partial charge on any atom is -0.503 e. The van der Waals surface area contributed by atoms with Crippen LogP contribution in [0.2, 0.25) is 5.02 Å². The molecule has 2 aliphatic carbocycles. The molecule has 6 atom stereocenters. The van der Waals surface area contributed by atoms with E-state index in [1.54, 1.807) is 19.1 Å². The number of likely N-dealkylation sites (tertiary alicyclic amines) is 1. The van der Waals surface area contributed by atoms with Crippen molar-refractivity contribution in [3.05, 3.63) is 62.9 Å². The maximum atomic E-state index is 14.5. The second-order valence-corrected chi connectivity index (χ2v) is 14.1. The topological polar surface area (TPSA) is 142 Å². The fourth-order valence-corrected chi connectivity index (χ4v) is 8.82. The maximum Gasteiger partial charge on any atom is 0.303 e. The standard InChI is InChI=1S/C34H33BrClFN2O8/c1-34-21(31(44)39(33(34)46)17-7-10-24(37)23(36)14-17)15-20-18(28(34)16-12-22(35)29(42)25(13-16)47-2)8-9-19-27(20)32(45)38(30(19)43)11-5-3-4-6-26(40)41/h7-8,10,12-14,19-21,27-28,42H,3-6,9,11,15H2,1-2H3,(H,40,41). The van der Waals surface area contributed by atoms with E-state index in [2.05, 4.69) is 15.9 Å². The van der Waals surface area contributed by atoms with Crippen LogP contribution in [0.15, 0.2) is 46.5 Å². The lowest BCUT2D eigenvalue weighted by Crippen LogP contribution is -2.48. The molecule has 0 bridgehead atoms. The van der Waals surface area contributed by atoms with E-state index in [0.29, 0.717) is 29.3 Å². The molecule has 2 aromatic carbocycles. The van der Waals surface area contributed by atoms with E-state index in [1.807, 2.05) is 6.08 Å². The molecular weight excluding hydrogens is 699 g/mol. The predicted molar refractivity (Wildman–Crippen MR) is 171 cm³/mol. The Labute approximate surface area is 283 Å². The first-order chi connectivity index (χ1) is 22.3. The molecule has 4 amide bonds. The summed E-state index contributed by atoms with van der Waals surface area (Å²) in [7, 11) is 1.40. The number of carboxylic acid groups (broad SMARTS) is 1. The smallest absolute Gasteiger partial charge is 0.303 e. The third kappa shape index (κ3) is 5.24. The van der Waals surface area contributed by atoms with Gasteiger partial charge in [0.25, 0.3) is 0 Å². The summed E-state index contributed by atoms with van der Waals surface area (Å²) in [5.74, 6) is -6.81. The summed E-state index contributed by atoms with van der Waals surface area (Å²) in [6.07, 6.45) is 3.79. The van der Waals surface area contributed by atoms with Gasteiger partial charge < -0.3 is 14.9 Å². The molecule has 2 heterocycles. The maximum absolute atomic E-state index is 14.5. The van der Waals surface area contributed by atoms with Crippen LogP contribution in [-0.4, -0.2) is 58.4 Å². The van der Waals surface area contributed by atoms with Crippen LogP contribution in [0.25, 0.3) is 0 Å². The number of nitrogens with zero attached hydrogens (tertiary/aromatic N) is 2. The second kappa shape index (κ2) is 12.4. The fraction of sp³-hybridized carbons (Fsp3) is 0.441. The minimum absolute atomic E-state index is 0.0100. The Morgan fingerprint density at radius 1 is 1.09 bits per heavy atom. The molecule has 10 nitrogen and oxygen atoms in total. The number of carbonyl (C=O) groups is 5. The number of aliphatic carboxylic acids is 1. The molecule has 2 saturated heterocycles. The van der Waals surface area contributed by atoms with Gasteiger partial charge in [-0.15, -0.1) is 0 Å². The number of amides is 4. The molecule has 2 aromatic rings. The Balaban J connectivity index is 1.42. The molecule has 248 valence electrons. The zero-order valence-electron chi connectivity index (χ0n) is 25.7. The molecule has 3 fully saturated rings. The average molecular weight is 732 g/mol. The van der Waals surface area contributed by atoms with Crippen LogP contribution >= 0.6 is 27.5 Å². The number of aromatic hydroxyl groups is 1. The van der Waals surface area contributed by atoms with Crippen LogP contribution in [0.3, 0.4) is 0 Å². The van der Waals surface area contributed by atoms with E-state index < -0.39 is 58.6 Å². The molecular formula is C34H33BrClFN2O8. The summed E-state index contributed by atoms with van der Waals surface area (Å²) in [5.41, 5.74) is 0.0976. The second-order valence-electron chi connectivity index (χ2n) is 12.8. The number of allylic oxidation sites excluding steroid dienone is 2. The quantitative estimate of drug-likeness (QED) is 0.187. The van der Waals surface area contributed by atoms with Gasteiger partial charge in [-0.25, -0.2) is 9.29 Å². The van der Waals surface area contributed by atoms with E-state index >= 15 is 0 Å². The molecule has 2 N–H and O–H groups in total. The summed E-state index contributed by atoms with van der Waals surface area (Å²) in [5, 5.41) is 19.3. The highest BCUT2D eigenvalue weighted by molar-refractivity contribution is 9.10. The molecule has 2 aliphatic heterocycles. The largest absolute Gasteiger partial charge is 0.503 e. The molecule has 6 rings (SSSR count). The highest BCUT2D eigenvalue weighted by Crippen LogP contribution is 2.64. The van der Waals surface area contributed by atoms with Crippen molar-refractivity contribution in [2.45, 2.75) is 51.4 Å². The monoisotopic (exact) mass is 730 g/mol. The predicted octanol–water partition coefficient (Wildman–Crippen LogP) is 5.83. The summed E-state index contributed by atoms with van der Waals surface area (Å²) in [6, 6.07) is 6.93. The number of methoxy groups -OCH3 is 1. The lowest BCUT2D eigenvalue weighted by molar-refractivity contribution is -0.141. The lowest BCUT2D eigenvalue weighted by atomic mass is 9.51. The highest BCUT2D eigenvalue weighted by Gasteiger charge is 2.67. The summed E-state index contributed by atoms with van der Waals surface area (Å²) in [4.78, 5) is 69.6. The van der Waals surface area contributed by atoms with Crippen LogP contribution < -0.4 is 9.64 Å². The molecule has 0 radical (unpaired) electrons. The zero-order chi connectivity index (χ0) is 33.9. The summed E-state index contributed by atoms with van der Waals surface area (Å²) >= 11 is 9.45. The first kappa shape index (κ1) is 33.1. The van der Waals surface area contributed by atoms with Gasteiger partial charge in [0.05, 0.1) is 45.5 Å². The number of hydrogen-bond acceptors (Lipinski definition) is 7. The Bertz CT molecular complexity index is 1750. The Hall–Kier alpha value is -3.77. The van der Waals surface area contributed by atoms with Crippen molar-refractivity contribution in [1.29, 1.82) is 0 Å². The van der Waals surface area contributed by atoms with Gasteiger partial charge in [0.1, 0.15) is 5.82 Å². The van der Waals surface area contributed by atoms with Crippen molar-refractivity contribution in [2.24, 2.45) is 29.1 Å². The number of halogens is 3. The lowest BCUT2D eigenvalue weighted by Gasteiger charge is -2.49. The van der Waals surface area contributed by atoms with Gasteiger partial charge in [-0.2, -0.15) is 0 Å². The van der Waals surface area contributed by atoms with E-state index in [-0.39, 0.29) is 59.8 Å². The van der Waals surface area contributed by atoms with Crippen LogP contribution in [-0.2, 0) is 24.0 Å². The molecule has 1 saturated carbocycles. The van der Waals surface area contributed by atoms with E-state index in [9.17, 15) is 33.5 Å². The number of anilines is 1. The molecule has 4 aliphatic rings. The minimum atomic E-state index is -1.36. The third-order valence-corrected chi connectivity index (χ3v) is 11.3. The Kier molecular flexibility index (Phi) is 8.71. The molecule has 13 heteroatoms. The van der Waals surface area contributed by atoms with Crippen molar-refractivity contribution in [3.8, 4) is 11.5 Å². The Morgan fingerprint density at radius 3 is 2.51 bits per heavy atom. The first-order valence-corrected chi connectivity index (χ1v) is 16.6. The molecule has 0 spiro atoms. The summed E-state index contributed by atoms with van der Waals surface area (Å²) in [6.45, 7) is 1.89. The number of unbranched alkanes of at least 4 members (excludes halogenated alkanes) is 2. The first-order valence-electron chi connectivity index (χ1n) is 15.5. The van der Waals surface area contributed by atoms with Crippen LogP contribution in [0.5, 0.6) is 11.5 Å². The van der Waals surface area contributed by atoms with Crippen LogP contribution in [0, 0.1) is 34.9 Å². The van der Waals surface area contributed by atoms with Crippen molar-refractivity contribution < 1.29 is 43.3 Å². The number of hydrogen-bond donors (Lipinski definition) is 2. The number of carbonyl (C=O) groups excluding carboxylic acids is 4. The van der Waals surface area contributed by atoms with Crippen LogP contribution in [0.1, 0.15) is 56.9 Å². The SMILES string of the molecule is COc1cc(C2C3=CCC4C(=O)N(CCCCCC(=O)O)C(=O)C4C3CC3C(=O)N(c4ccc(F)c(Cl)c4)C(=O)C32C)cc(Br)c1O. The number of phenols is 1. The van der Waals surface area contributed by atoms with Gasteiger partial charge >= 0.3 is 5.97 Å². The fourth-order valence-electron chi connectivity index (χ4n) is 8.19. The van der Waals surface area contributed by atoms with Gasteiger partial charge in [0, 0.05) is 18.9 Å². The number of imide groups is 2. The number of fused-ring (bicyclic) bond motifs is 4. The van der Waals surface area contributed by atoms with Crippen molar-refractivity contribution in [2.75, 3.05) is 18.6 Å². The average Bonchev–Trinajstić information content (AvgIpc) is 3.39. The Morgan fingerprint density at radius 2 is 1.83 bits per heavy atom. The van der Waals surface area contributed by atoms with Gasteiger partial charge in [-0.3, -0.25) is 28.9 Å². The number of carboxylic acids is 1. The van der Waals surface area contributed by atoms with Crippen molar-refractivity contribution >= 4 is 62.8 Å². The van der Waals surface area contributed by atoms with Gasteiger partial charge in [-0.1, -0.05) is 29.7 Å². The number of benzene rings is 2. The highest BCUT2D eigenvalue weighted by atomic mass is 79.9. The number of ether oxygens (including phenoxy) is 1. The molecule has 0 aromatic heterocycles. The number of phenolic OH excluding ortho intramolecular Hbond substituents is 1. The number of rotatable bonds is 9. The summed E-state index contributed by atoms with van der Waals surface area (Å²) < 4.78 is 19.8. The zero-order valence-corrected chi connectivity index (χ0v) is 28.0. The van der Waals surface area contributed by atoms with Crippen molar-refractivity contribution in [3.63, 3.8) is 0 Å². The van der Waals surface area contributed by atoms with Crippen molar-refractivity contribution in [1.82, 2.24) is 4.90 Å². The van der Waals surface area contributed by atoms with E-state index in [4.69, 9.17) is 21.4 Å². The van der Waals surface area contributed by atoms with Gasteiger partial charge in [0.2, 0.25) is 23.6 Å². The van der Waals surface area contributed by atoms with Gasteiger partial charge in [0.15, 0.2) is 11.5 Å². The van der Waals surface area contributed by atoms with Gasteiger partial charge in [-0.05, 0) is 90.4 Å².